The zero-order valence-corrected chi connectivity index (χ0v) is 38.8. The van der Waals surface area contributed by atoms with Gasteiger partial charge in [-0.3, -0.25) is 0 Å². The number of benzene rings is 12. The van der Waals surface area contributed by atoms with Crippen LogP contribution in [0.4, 0.5) is 17.1 Å². The fourth-order valence-corrected chi connectivity index (χ4v) is 11.9. The highest BCUT2D eigenvalue weighted by Gasteiger charge is 2.48. The van der Waals surface area contributed by atoms with Gasteiger partial charge in [-0.25, -0.2) is 0 Å². The number of anilines is 3. The molecule has 0 saturated carbocycles. The van der Waals surface area contributed by atoms with Gasteiger partial charge in [0.1, 0.15) is 11.2 Å². The highest BCUT2D eigenvalue weighted by atomic mass is 16.3. The SMILES string of the molecule is c1ccc(-c2ccc(N(c3ccc4ccccc4c3)c3ccc4ccccc4c3-c3c(-c4cccc5c4C(c4ccccc4)(c4ccccc4)c4ccccc4-5)ccc4c3oc3ccccc34)cc2)cc1. The number of hydrogen-bond acceptors (Lipinski definition) is 2. The molecule has 1 aliphatic rings. The molecule has 71 heavy (non-hydrogen) atoms. The van der Waals surface area contributed by atoms with Crippen LogP contribution in [-0.2, 0) is 5.41 Å². The van der Waals surface area contributed by atoms with Gasteiger partial charge in [-0.2, -0.15) is 0 Å². The Morgan fingerprint density at radius 3 is 1.65 bits per heavy atom. The molecule has 0 bridgehead atoms. The van der Waals surface area contributed by atoms with Crippen LogP contribution in [0.25, 0.3) is 88.0 Å². The van der Waals surface area contributed by atoms with Crippen molar-refractivity contribution in [3.8, 4) is 44.5 Å². The molecule has 1 aliphatic carbocycles. The van der Waals surface area contributed by atoms with Crippen LogP contribution in [0, 0.1) is 0 Å². The zero-order valence-electron chi connectivity index (χ0n) is 38.8. The predicted octanol–water partition coefficient (Wildman–Crippen LogP) is 18.7. The van der Waals surface area contributed by atoms with Crippen LogP contribution in [0.15, 0.2) is 277 Å². The van der Waals surface area contributed by atoms with Gasteiger partial charge in [0.25, 0.3) is 0 Å². The lowest BCUT2D eigenvalue weighted by molar-refractivity contribution is 0.670. The zero-order chi connectivity index (χ0) is 46.9. The lowest BCUT2D eigenvalue weighted by Gasteiger charge is -2.35. The molecule has 0 atom stereocenters. The minimum atomic E-state index is -0.635. The van der Waals surface area contributed by atoms with E-state index < -0.39 is 5.41 Å². The molecule has 14 rings (SSSR count). The monoisotopic (exact) mass is 903 g/mol. The number of fused-ring (bicyclic) bond motifs is 8. The fourth-order valence-electron chi connectivity index (χ4n) is 11.9. The Morgan fingerprint density at radius 1 is 0.324 bits per heavy atom. The maximum Gasteiger partial charge on any atom is 0.143 e. The fraction of sp³-hybridized carbons (Fsp3) is 0.0145. The second kappa shape index (κ2) is 16.5. The number of rotatable bonds is 8. The van der Waals surface area contributed by atoms with E-state index in [1.807, 2.05) is 0 Å². The van der Waals surface area contributed by atoms with E-state index >= 15 is 0 Å². The van der Waals surface area contributed by atoms with Gasteiger partial charge in [0.2, 0.25) is 0 Å². The number of para-hydroxylation sites is 1. The number of furan rings is 1. The molecule has 0 amide bonds. The van der Waals surface area contributed by atoms with Crippen molar-refractivity contribution in [3.05, 3.63) is 295 Å². The first-order valence-electron chi connectivity index (χ1n) is 24.5. The minimum Gasteiger partial charge on any atom is -0.455 e. The molecule has 2 heteroatoms. The molecule has 0 radical (unpaired) electrons. The summed E-state index contributed by atoms with van der Waals surface area (Å²) in [4.78, 5) is 2.46. The van der Waals surface area contributed by atoms with E-state index in [-0.39, 0.29) is 0 Å². The van der Waals surface area contributed by atoms with Crippen LogP contribution < -0.4 is 4.90 Å². The third-order valence-corrected chi connectivity index (χ3v) is 14.9. The Morgan fingerprint density at radius 2 is 0.887 bits per heavy atom. The van der Waals surface area contributed by atoms with Crippen molar-refractivity contribution in [2.45, 2.75) is 5.41 Å². The van der Waals surface area contributed by atoms with Crippen molar-refractivity contribution < 1.29 is 4.42 Å². The van der Waals surface area contributed by atoms with E-state index in [1.54, 1.807) is 0 Å². The molecule has 12 aromatic carbocycles. The molecular weight excluding hydrogens is 859 g/mol. The van der Waals surface area contributed by atoms with Gasteiger partial charge in [0, 0.05) is 33.3 Å². The standard InChI is InChI=1S/C69H45NO/c1-4-19-46(20-5-1)48-35-39-53(40-36-48)70(54-41-37-47-21-10-11-23-50(47)45-54)63-44-38-49-22-12-13-28-55(49)65(63)66-58(42-43-61-57-30-15-17-34-64(57)71-68(61)66)60-32-18-31-59-56-29-14-16-33-62(56)69(67(59)60,51-24-6-2-7-25-51)52-26-8-3-9-27-52/h1-45H. The maximum absolute atomic E-state index is 7.30. The van der Waals surface area contributed by atoms with Crippen molar-refractivity contribution in [2.75, 3.05) is 4.90 Å². The molecule has 332 valence electrons. The Labute approximate surface area is 413 Å². The van der Waals surface area contributed by atoms with Crippen LogP contribution in [0.3, 0.4) is 0 Å². The Kier molecular flexibility index (Phi) is 9.47. The van der Waals surface area contributed by atoms with Gasteiger partial charge in [0.05, 0.1) is 11.1 Å². The second-order valence-corrected chi connectivity index (χ2v) is 18.7. The minimum absolute atomic E-state index is 0.635. The highest BCUT2D eigenvalue weighted by Crippen LogP contribution is 2.60. The Bertz CT molecular complexity index is 4110. The van der Waals surface area contributed by atoms with Gasteiger partial charge in [0.15, 0.2) is 0 Å². The Balaban J connectivity index is 1.12. The predicted molar refractivity (Wildman–Crippen MR) is 297 cm³/mol. The average Bonchev–Trinajstić information content (AvgIpc) is 3.98. The second-order valence-electron chi connectivity index (χ2n) is 18.7. The smallest absolute Gasteiger partial charge is 0.143 e. The van der Waals surface area contributed by atoms with Crippen LogP contribution >= 0.6 is 0 Å². The third kappa shape index (κ3) is 6.35. The van der Waals surface area contributed by atoms with Crippen LogP contribution in [0.2, 0.25) is 0 Å². The van der Waals surface area contributed by atoms with Gasteiger partial charge < -0.3 is 9.32 Å². The van der Waals surface area contributed by atoms with Crippen LogP contribution in [-0.4, -0.2) is 0 Å². The summed E-state index contributed by atoms with van der Waals surface area (Å²) in [7, 11) is 0. The average molecular weight is 904 g/mol. The van der Waals surface area contributed by atoms with Crippen molar-refractivity contribution in [1.29, 1.82) is 0 Å². The quantitative estimate of drug-likeness (QED) is 0.151. The molecule has 13 aromatic rings. The van der Waals surface area contributed by atoms with Gasteiger partial charge >= 0.3 is 0 Å². The molecule has 1 heterocycles. The molecule has 1 aromatic heterocycles. The Hall–Kier alpha value is -9.24. The highest BCUT2D eigenvalue weighted by molar-refractivity contribution is 6.19. The van der Waals surface area contributed by atoms with Gasteiger partial charge in [-0.05, 0) is 120 Å². The first kappa shape index (κ1) is 40.8. The molecule has 0 spiro atoms. The van der Waals surface area contributed by atoms with Crippen molar-refractivity contribution >= 4 is 60.5 Å². The van der Waals surface area contributed by atoms with E-state index in [2.05, 4.69) is 278 Å². The van der Waals surface area contributed by atoms with Crippen molar-refractivity contribution in [3.63, 3.8) is 0 Å². The van der Waals surface area contributed by atoms with E-state index in [1.165, 1.54) is 55.3 Å². The summed E-state index contributed by atoms with van der Waals surface area (Å²) in [6, 6.07) is 100. The number of nitrogens with zero attached hydrogens (tertiary/aromatic N) is 1. The summed E-state index contributed by atoms with van der Waals surface area (Å²) >= 11 is 0. The molecule has 0 unspecified atom stereocenters. The van der Waals surface area contributed by atoms with E-state index in [0.29, 0.717) is 0 Å². The molecular formula is C69H45NO. The maximum atomic E-state index is 7.30. The third-order valence-electron chi connectivity index (χ3n) is 14.9. The largest absolute Gasteiger partial charge is 0.455 e. The molecule has 2 nitrogen and oxygen atoms in total. The van der Waals surface area contributed by atoms with E-state index in [9.17, 15) is 0 Å². The van der Waals surface area contributed by atoms with Crippen molar-refractivity contribution in [2.24, 2.45) is 0 Å². The summed E-state index contributed by atoms with van der Waals surface area (Å²) < 4.78 is 7.30. The molecule has 0 fully saturated rings. The first-order chi connectivity index (χ1) is 35.2. The van der Waals surface area contributed by atoms with Crippen LogP contribution in [0.1, 0.15) is 22.3 Å². The van der Waals surface area contributed by atoms with Crippen molar-refractivity contribution in [1.82, 2.24) is 0 Å². The topological polar surface area (TPSA) is 16.4 Å². The van der Waals surface area contributed by atoms with Gasteiger partial charge in [-0.1, -0.05) is 231 Å². The molecule has 0 N–H and O–H groups in total. The summed E-state index contributed by atoms with van der Waals surface area (Å²) in [5.74, 6) is 0. The summed E-state index contributed by atoms with van der Waals surface area (Å²) in [5, 5.41) is 6.83. The lowest BCUT2D eigenvalue weighted by Crippen LogP contribution is -2.29. The molecule has 0 saturated heterocycles. The van der Waals surface area contributed by atoms with E-state index in [0.717, 1.165) is 72.0 Å². The summed E-state index contributed by atoms with van der Waals surface area (Å²) in [6.07, 6.45) is 0. The first-order valence-corrected chi connectivity index (χ1v) is 24.5. The lowest BCUT2D eigenvalue weighted by atomic mass is 9.66. The van der Waals surface area contributed by atoms with Crippen LogP contribution in [0.5, 0.6) is 0 Å². The summed E-state index contributed by atoms with van der Waals surface area (Å²) in [6.45, 7) is 0. The summed E-state index contributed by atoms with van der Waals surface area (Å²) in [5.41, 5.74) is 18.5. The normalized spacial score (nSPS) is 12.6. The van der Waals surface area contributed by atoms with E-state index in [4.69, 9.17) is 4.42 Å². The number of hydrogen-bond donors (Lipinski definition) is 0. The molecule has 0 aliphatic heterocycles. The van der Waals surface area contributed by atoms with Gasteiger partial charge in [-0.15, -0.1) is 0 Å².